The molecule has 2 heterocycles. The van der Waals surface area contributed by atoms with Crippen LogP contribution in [-0.4, -0.2) is 59.8 Å². The maximum absolute atomic E-state index is 13.1. The number of nitrogens with one attached hydrogen (secondary N) is 1. The number of methoxy groups -OCH3 is 1. The Morgan fingerprint density at radius 2 is 1.71 bits per heavy atom. The molecule has 11 heteroatoms. The fourth-order valence-corrected chi connectivity index (χ4v) is 5.11. The van der Waals surface area contributed by atoms with E-state index < -0.39 is 11.7 Å². The van der Waals surface area contributed by atoms with Gasteiger partial charge in [-0.1, -0.05) is 0 Å². The molecule has 1 aliphatic rings. The first kappa shape index (κ1) is 29.1. The van der Waals surface area contributed by atoms with E-state index in [4.69, 9.17) is 14.6 Å². The number of hydrogen-bond acceptors (Lipinski definition) is 5. The number of aromatic nitrogens is 2. The summed E-state index contributed by atoms with van der Waals surface area (Å²) in [5.41, 5.74) is 2.04. The fraction of sp³-hybridized carbons (Fsp3) is 0.323. The van der Waals surface area contributed by atoms with Crippen molar-refractivity contribution in [2.24, 2.45) is 5.92 Å². The Hall–Kier alpha value is -4.38. The average molecular weight is 581 g/mol. The van der Waals surface area contributed by atoms with Crippen molar-refractivity contribution < 1.29 is 32.2 Å². The molecule has 42 heavy (non-hydrogen) atoms. The van der Waals surface area contributed by atoms with Crippen LogP contribution in [0.3, 0.4) is 0 Å². The topological polar surface area (TPSA) is 85.7 Å². The van der Waals surface area contributed by atoms with E-state index >= 15 is 0 Å². The summed E-state index contributed by atoms with van der Waals surface area (Å²) < 4.78 is 50.8. The van der Waals surface area contributed by atoms with Crippen LogP contribution in [0, 0.1) is 12.8 Å². The van der Waals surface area contributed by atoms with Gasteiger partial charge in [0.05, 0.1) is 17.7 Å². The highest BCUT2D eigenvalue weighted by atomic mass is 19.4. The van der Waals surface area contributed by atoms with E-state index in [-0.39, 0.29) is 23.5 Å². The van der Waals surface area contributed by atoms with Crippen LogP contribution in [0.5, 0.6) is 11.5 Å². The number of amides is 2. The number of rotatable bonds is 9. The molecule has 5 rings (SSSR count). The number of carbonyl (C=O) groups is 2. The molecule has 1 saturated heterocycles. The molecule has 1 atom stereocenters. The summed E-state index contributed by atoms with van der Waals surface area (Å²) in [7, 11) is 1.59. The van der Waals surface area contributed by atoms with Gasteiger partial charge in [-0.25, -0.2) is 0 Å². The Bertz CT molecular complexity index is 1570. The molecule has 1 aliphatic heterocycles. The zero-order valence-corrected chi connectivity index (χ0v) is 23.3. The number of alkyl halides is 3. The van der Waals surface area contributed by atoms with E-state index in [9.17, 15) is 22.8 Å². The molecule has 0 unspecified atom stereocenters. The van der Waals surface area contributed by atoms with Gasteiger partial charge >= 0.3 is 6.18 Å². The van der Waals surface area contributed by atoms with Gasteiger partial charge in [-0.2, -0.15) is 18.3 Å². The largest absolute Gasteiger partial charge is 0.457 e. The van der Waals surface area contributed by atoms with E-state index in [2.05, 4.69) is 5.32 Å². The van der Waals surface area contributed by atoms with Crippen molar-refractivity contribution in [3.63, 3.8) is 0 Å². The quantitative estimate of drug-likeness (QED) is 0.257. The third-order valence-electron chi connectivity index (χ3n) is 7.38. The molecule has 1 N–H and O–H groups in total. The van der Waals surface area contributed by atoms with Crippen LogP contribution >= 0.6 is 0 Å². The Labute approximate surface area is 241 Å². The lowest BCUT2D eigenvalue weighted by Crippen LogP contribution is -2.29. The van der Waals surface area contributed by atoms with Crippen LogP contribution in [0.15, 0.2) is 66.9 Å². The Kier molecular flexibility index (Phi) is 8.49. The highest BCUT2D eigenvalue weighted by Crippen LogP contribution is 2.32. The normalized spacial score (nSPS) is 15.3. The first-order valence-electron chi connectivity index (χ1n) is 13.6. The van der Waals surface area contributed by atoms with Crippen LogP contribution < -0.4 is 10.1 Å². The number of likely N-dealkylation sites (tertiary alicyclic amines) is 1. The lowest BCUT2D eigenvalue weighted by atomic mass is 10.0. The second kappa shape index (κ2) is 12.2. The summed E-state index contributed by atoms with van der Waals surface area (Å²) in [6, 6.07) is 14.6. The number of carbonyl (C=O) groups excluding carboxylic acids is 2. The smallest absolute Gasteiger partial charge is 0.416 e. The van der Waals surface area contributed by atoms with Gasteiger partial charge < -0.3 is 19.7 Å². The number of nitrogens with zero attached hydrogens (tertiary/aromatic N) is 3. The van der Waals surface area contributed by atoms with E-state index in [0.29, 0.717) is 49.7 Å². The second-order valence-electron chi connectivity index (χ2n) is 10.3. The van der Waals surface area contributed by atoms with Crippen molar-refractivity contribution in [2.45, 2.75) is 26.1 Å². The first-order chi connectivity index (χ1) is 20.1. The van der Waals surface area contributed by atoms with Crippen LogP contribution in [0.4, 0.5) is 13.2 Å². The van der Waals surface area contributed by atoms with Crippen LogP contribution in [-0.2, 0) is 17.5 Å². The van der Waals surface area contributed by atoms with Gasteiger partial charge in [0.25, 0.3) is 11.8 Å². The van der Waals surface area contributed by atoms with E-state index in [0.717, 1.165) is 35.0 Å². The summed E-state index contributed by atoms with van der Waals surface area (Å²) in [5.74, 6) is 0.671. The number of benzene rings is 3. The van der Waals surface area contributed by atoms with Crippen LogP contribution in [0.2, 0.25) is 0 Å². The summed E-state index contributed by atoms with van der Waals surface area (Å²) in [6.07, 6.45) is -1.62. The minimum absolute atomic E-state index is 0.0934. The molecule has 3 aromatic carbocycles. The summed E-state index contributed by atoms with van der Waals surface area (Å²) in [4.78, 5) is 27.5. The molecule has 0 saturated carbocycles. The summed E-state index contributed by atoms with van der Waals surface area (Å²) >= 11 is 0. The minimum Gasteiger partial charge on any atom is -0.457 e. The maximum atomic E-state index is 13.1. The van der Waals surface area contributed by atoms with Crippen molar-refractivity contribution in [3.05, 3.63) is 89.1 Å². The van der Waals surface area contributed by atoms with Crippen molar-refractivity contribution in [2.75, 3.05) is 33.4 Å². The summed E-state index contributed by atoms with van der Waals surface area (Å²) in [5, 5.41) is 8.46. The molecule has 0 bridgehead atoms. The number of aryl methyl sites for hydroxylation is 1. The highest BCUT2D eigenvalue weighted by molar-refractivity contribution is 6.00. The van der Waals surface area contributed by atoms with Gasteiger partial charge in [0.2, 0.25) is 0 Å². The lowest BCUT2D eigenvalue weighted by Gasteiger charge is -2.17. The molecule has 1 aromatic heterocycles. The zero-order chi connectivity index (χ0) is 29.9. The Balaban J connectivity index is 1.17. The van der Waals surface area contributed by atoms with Gasteiger partial charge in [-0.3, -0.25) is 14.3 Å². The molecule has 4 aromatic rings. The van der Waals surface area contributed by atoms with Gasteiger partial charge in [-0.15, -0.1) is 0 Å². The van der Waals surface area contributed by atoms with Crippen molar-refractivity contribution >= 4 is 22.7 Å². The minimum atomic E-state index is -4.41. The van der Waals surface area contributed by atoms with Gasteiger partial charge in [0.15, 0.2) is 0 Å². The molecular weight excluding hydrogens is 549 g/mol. The molecule has 2 amide bonds. The van der Waals surface area contributed by atoms with Crippen LogP contribution in [0.1, 0.15) is 38.3 Å². The first-order valence-corrected chi connectivity index (χ1v) is 13.6. The standard InChI is InChI=1S/C31H31F3N4O4/c1-20-26(29(39)35-14-16-41-2)11-12-28-27(20)19-38(36-28)18-21-13-15-37(17-21)30(40)22-3-7-24(8-4-22)42-25-9-5-23(6-10-25)31(32,33)34/h3-12,19,21H,13-18H2,1-2H3,(H,35,39)/t21-/m0/s1. The Morgan fingerprint density at radius 3 is 2.38 bits per heavy atom. The number of halogens is 3. The van der Waals surface area contributed by atoms with Gasteiger partial charge in [-0.05, 0) is 85.5 Å². The van der Waals surface area contributed by atoms with E-state index in [1.807, 2.05) is 28.8 Å². The third-order valence-corrected chi connectivity index (χ3v) is 7.38. The molecular formula is C31H31F3N4O4. The zero-order valence-electron chi connectivity index (χ0n) is 23.3. The summed E-state index contributed by atoms with van der Waals surface area (Å²) in [6.45, 7) is 4.65. The third kappa shape index (κ3) is 6.57. The molecule has 0 radical (unpaired) electrons. The van der Waals surface area contributed by atoms with E-state index in [1.54, 1.807) is 37.4 Å². The molecule has 1 fully saturated rings. The SMILES string of the molecule is COCCNC(=O)c1ccc2nn(C[C@H]3CCN(C(=O)c4ccc(Oc5ccc(C(F)(F)F)cc5)cc4)C3)cc2c1C. The average Bonchev–Trinajstić information content (AvgIpc) is 3.61. The lowest BCUT2D eigenvalue weighted by molar-refractivity contribution is -0.137. The van der Waals surface area contributed by atoms with Crippen molar-refractivity contribution in [3.8, 4) is 11.5 Å². The van der Waals surface area contributed by atoms with Crippen molar-refractivity contribution in [1.29, 1.82) is 0 Å². The van der Waals surface area contributed by atoms with Crippen LogP contribution in [0.25, 0.3) is 10.9 Å². The number of hydrogen-bond donors (Lipinski definition) is 1. The van der Waals surface area contributed by atoms with Gasteiger partial charge in [0.1, 0.15) is 11.5 Å². The predicted octanol–water partition coefficient (Wildman–Crippen LogP) is 5.69. The molecule has 220 valence electrons. The van der Waals surface area contributed by atoms with Gasteiger partial charge in [0, 0.05) is 56.0 Å². The molecule has 0 aliphatic carbocycles. The van der Waals surface area contributed by atoms with Crippen molar-refractivity contribution in [1.82, 2.24) is 20.0 Å². The highest BCUT2D eigenvalue weighted by Gasteiger charge is 2.30. The number of fused-ring (bicyclic) bond motifs is 1. The number of ether oxygens (including phenoxy) is 2. The van der Waals surface area contributed by atoms with E-state index in [1.165, 1.54) is 12.1 Å². The Morgan fingerprint density at radius 1 is 1.02 bits per heavy atom. The fourth-order valence-electron chi connectivity index (χ4n) is 5.11. The molecule has 8 nitrogen and oxygen atoms in total. The predicted molar refractivity (Wildman–Crippen MR) is 151 cm³/mol. The maximum Gasteiger partial charge on any atom is 0.416 e. The second-order valence-corrected chi connectivity index (χ2v) is 10.3. The monoisotopic (exact) mass is 580 g/mol. The molecule has 0 spiro atoms.